The van der Waals surface area contributed by atoms with Crippen LogP contribution in [0.15, 0.2) is 24.3 Å². The van der Waals surface area contributed by atoms with E-state index >= 15 is 0 Å². The number of likely N-dealkylation sites (tertiary alicyclic amines) is 1. The van der Waals surface area contributed by atoms with Crippen LogP contribution in [0.5, 0.6) is 0 Å². The second-order valence-corrected chi connectivity index (χ2v) is 8.07. The standard InChI is InChI=1S/C19H31N3/c1-16-5-7-18(8-6-16)21-11-9-20(10-12-21)13-17-14-22(15-17)19(2,3)4/h5-8,17H,9-15H2,1-4H3. The summed E-state index contributed by atoms with van der Waals surface area (Å²) in [4.78, 5) is 7.79. The van der Waals surface area contributed by atoms with Gasteiger partial charge in [0.15, 0.2) is 0 Å². The molecule has 0 aliphatic carbocycles. The lowest BCUT2D eigenvalue weighted by atomic mass is 9.92. The molecular formula is C19H31N3. The zero-order valence-corrected chi connectivity index (χ0v) is 14.7. The van der Waals surface area contributed by atoms with Crippen LogP contribution in [0.25, 0.3) is 0 Å². The Kier molecular flexibility index (Phi) is 4.47. The molecule has 22 heavy (non-hydrogen) atoms. The van der Waals surface area contributed by atoms with Gasteiger partial charge in [-0.1, -0.05) is 17.7 Å². The summed E-state index contributed by atoms with van der Waals surface area (Å²) in [7, 11) is 0. The van der Waals surface area contributed by atoms with E-state index in [-0.39, 0.29) is 0 Å². The summed E-state index contributed by atoms with van der Waals surface area (Å²) in [6, 6.07) is 8.96. The van der Waals surface area contributed by atoms with Crippen molar-refractivity contribution in [2.75, 3.05) is 50.7 Å². The van der Waals surface area contributed by atoms with Crippen molar-refractivity contribution in [3.63, 3.8) is 0 Å². The number of aryl methyl sites for hydroxylation is 1. The largest absolute Gasteiger partial charge is 0.369 e. The zero-order chi connectivity index (χ0) is 15.7. The summed E-state index contributed by atoms with van der Waals surface area (Å²) >= 11 is 0. The number of hydrogen-bond acceptors (Lipinski definition) is 3. The summed E-state index contributed by atoms with van der Waals surface area (Å²) < 4.78 is 0. The molecule has 0 saturated carbocycles. The van der Waals surface area contributed by atoms with Gasteiger partial charge < -0.3 is 4.90 Å². The smallest absolute Gasteiger partial charge is 0.0367 e. The van der Waals surface area contributed by atoms with E-state index in [1.54, 1.807) is 0 Å². The van der Waals surface area contributed by atoms with E-state index < -0.39 is 0 Å². The maximum Gasteiger partial charge on any atom is 0.0367 e. The first kappa shape index (κ1) is 15.8. The second-order valence-electron chi connectivity index (χ2n) is 8.07. The number of rotatable bonds is 3. The zero-order valence-electron chi connectivity index (χ0n) is 14.7. The van der Waals surface area contributed by atoms with Crippen LogP contribution in [0.4, 0.5) is 5.69 Å². The van der Waals surface area contributed by atoms with Crippen molar-refractivity contribution in [3.05, 3.63) is 29.8 Å². The highest BCUT2D eigenvalue weighted by Gasteiger charge is 2.35. The Labute approximate surface area is 135 Å². The monoisotopic (exact) mass is 301 g/mol. The van der Waals surface area contributed by atoms with E-state index in [1.807, 2.05) is 0 Å². The molecule has 0 N–H and O–H groups in total. The van der Waals surface area contributed by atoms with Gasteiger partial charge in [0.25, 0.3) is 0 Å². The maximum absolute atomic E-state index is 2.66. The van der Waals surface area contributed by atoms with Gasteiger partial charge in [-0.05, 0) is 45.7 Å². The summed E-state index contributed by atoms with van der Waals surface area (Å²) in [6.07, 6.45) is 0. The van der Waals surface area contributed by atoms with Gasteiger partial charge in [0.05, 0.1) is 0 Å². The molecule has 3 nitrogen and oxygen atoms in total. The minimum absolute atomic E-state index is 0.348. The average molecular weight is 301 g/mol. The summed E-state index contributed by atoms with van der Waals surface area (Å²) in [5.74, 6) is 0.880. The molecule has 3 rings (SSSR count). The van der Waals surface area contributed by atoms with Crippen molar-refractivity contribution in [2.24, 2.45) is 5.92 Å². The first-order valence-corrected chi connectivity index (χ1v) is 8.71. The topological polar surface area (TPSA) is 9.72 Å². The Morgan fingerprint density at radius 3 is 2.09 bits per heavy atom. The fourth-order valence-corrected chi connectivity index (χ4v) is 3.54. The van der Waals surface area contributed by atoms with Crippen LogP contribution in [0.2, 0.25) is 0 Å². The van der Waals surface area contributed by atoms with E-state index in [0.29, 0.717) is 5.54 Å². The Morgan fingerprint density at radius 1 is 0.955 bits per heavy atom. The Morgan fingerprint density at radius 2 is 1.55 bits per heavy atom. The van der Waals surface area contributed by atoms with E-state index in [1.165, 1.54) is 57.1 Å². The molecule has 1 aromatic rings. The Balaban J connectivity index is 1.42. The lowest BCUT2D eigenvalue weighted by Gasteiger charge is -2.49. The lowest BCUT2D eigenvalue weighted by molar-refractivity contribution is -0.00249. The first-order valence-electron chi connectivity index (χ1n) is 8.71. The molecule has 2 aliphatic heterocycles. The van der Waals surface area contributed by atoms with Gasteiger partial charge in [-0.15, -0.1) is 0 Å². The first-order chi connectivity index (χ1) is 10.4. The van der Waals surface area contributed by atoms with E-state index in [0.717, 1.165) is 5.92 Å². The highest BCUT2D eigenvalue weighted by atomic mass is 15.3. The van der Waals surface area contributed by atoms with E-state index in [9.17, 15) is 0 Å². The minimum Gasteiger partial charge on any atom is -0.369 e. The third-order valence-corrected chi connectivity index (χ3v) is 5.19. The second kappa shape index (κ2) is 6.21. The molecule has 0 unspecified atom stereocenters. The molecule has 3 heteroatoms. The van der Waals surface area contributed by atoms with Crippen molar-refractivity contribution in [1.29, 1.82) is 0 Å². The lowest BCUT2D eigenvalue weighted by Crippen LogP contribution is -2.59. The molecule has 2 heterocycles. The molecule has 0 atom stereocenters. The van der Waals surface area contributed by atoms with Crippen molar-refractivity contribution < 1.29 is 0 Å². The summed E-state index contributed by atoms with van der Waals surface area (Å²) in [6.45, 7) is 17.7. The fourth-order valence-electron chi connectivity index (χ4n) is 3.54. The minimum atomic E-state index is 0.348. The summed E-state index contributed by atoms with van der Waals surface area (Å²) in [5.41, 5.74) is 3.07. The molecule has 1 aromatic carbocycles. The van der Waals surface area contributed by atoms with Crippen LogP contribution < -0.4 is 4.90 Å². The maximum atomic E-state index is 2.66. The highest BCUT2D eigenvalue weighted by Crippen LogP contribution is 2.26. The normalized spacial score (nSPS) is 21.9. The van der Waals surface area contributed by atoms with Crippen molar-refractivity contribution in [1.82, 2.24) is 9.80 Å². The van der Waals surface area contributed by atoms with Gasteiger partial charge in [-0.25, -0.2) is 0 Å². The third-order valence-electron chi connectivity index (χ3n) is 5.19. The number of nitrogens with zero attached hydrogens (tertiary/aromatic N) is 3. The van der Waals surface area contributed by atoms with E-state index in [2.05, 4.69) is 66.7 Å². The van der Waals surface area contributed by atoms with Gasteiger partial charge in [0.1, 0.15) is 0 Å². The summed E-state index contributed by atoms with van der Waals surface area (Å²) in [5, 5.41) is 0. The fraction of sp³-hybridized carbons (Fsp3) is 0.684. The molecule has 0 radical (unpaired) electrons. The molecule has 0 bridgehead atoms. The van der Waals surface area contributed by atoms with Crippen LogP contribution in [-0.2, 0) is 0 Å². The highest BCUT2D eigenvalue weighted by molar-refractivity contribution is 5.47. The van der Waals surface area contributed by atoms with E-state index in [4.69, 9.17) is 0 Å². The number of piperazine rings is 1. The molecular weight excluding hydrogens is 270 g/mol. The number of benzene rings is 1. The van der Waals surface area contributed by atoms with Gasteiger partial charge in [-0.3, -0.25) is 9.80 Å². The van der Waals surface area contributed by atoms with Crippen LogP contribution >= 0.6 is 0 Å². The van der Waals surface area contributed by atoms with Crippen LogP contribution in [0, 0.1) is 12.8 Å². The van der Waals surface area contributed by atoms with Crippen LogP contribution in [0.1, 0.15) is 26.3 Å². The SMILES string of the molecule is Cc1ccc(N2CCN(CC3CN(C(C)(C)C)C3)CC2)cc1. The van der Waals surface area contributed by atoms with Crippen LogP contribution in [-0.4, -0.2) is 61.2 Å². The molecule has 2 saturated heterocycles. The molecule has 122 valence electrons. The molecule has 2 fully saturated rings. The van der Waals surface area contributed by atoms with Gasteiger partial charge >= 0.3 is 0 Å². The number of anilines is 1. The molecule has 2 aliphatic rings. The van der Waals surface area contributed by atoms with Crippen molar-refractivity contribution >= 4 is 5.69 Å². The van der Waals surface area contributed by atoms with Crippen molar-refractivity contribution in [3.8, 4) is 0 Å². The average Bonchev–Trinajstić information content (AvgIpc) is 2.43. The van der Waals surface area contributed by atoms with Gasteiger partial charge in [0, 0.05) is 57.0 Å². The predicted octanol–water partition coefficient (Wildman–Crippen LogP) is 2.85. The number of hydrogen-bond donors (Lipinski definition) is 0. The molecule has 0 amide bonds. The molecule has 0 spiro atoms. The Bertz CT molecular complexity index is 474. The predicted molar refractivity (Wildman–Crippen MR) is 94.6 cm³/mol. The van der Waals surface area contributed by atoms with Crippen LogP contribution in [0.3, 0.4) is 0 Å². The Hall–Kier alpha value is -1.06. The molecule has 0 aromatic heterocycles. The third kappa shape index (κ3) is 3.64. The quantitative estimate of drug-likeness (QED) is 0.850. The van der Waals surface area contributed by atoms with Crippen molar-refractivity contribution in [2.45, 2.75) is 33.2 Å². The van der Waals surface area contributed by atoms with Gasteiger partial charge in [0.2, 0.25) is 0 Å². The van der Waals surface area contributed by atoms with Gasteiger partial charge in [-0.2, -0.15) is 0 Å².